The van der Waals surface area contributed by atoms with Gasteiger partial charge in [0.2, 0.25) is 0 Å². The zero-order valence-electron chi connectivity index (χ0n) is 10.0. The van der Waals surface area contributed by atoms with Gasteiger partial charge in [-0.1, -0.05) is 27.5 Å². The third-order valence-electron chi connectivity index (χ3n) is 3.07. The molecule has 0 bridgehead atoms. The van der Waals surface area contributed by atoms with Gasteiger partial charge < -0.3 is 10.6 Å². The SMILES string of the molecule is O=C(NCC[C@@H]1CCCN1)c1cc(Cl)cc(Br)c1. The average Bonchev–Trinajstić information content (AvgIpc) is 2.80. The van der Waals surface area contributed by atoms with Crippen molar-refractivity contribution in [1.82, 2.24) is 10.6 Å². The van der Waals surface area contributed by atoms with Crippen LogP contribution in [0.3, 0.4) is 0 Å². The van der Waals surface area contributed by atoms with Crippen LogP contribution in [0.15, 0.2) is 22.7 Å². The Morgan fingerprint density at radius 1 is 1.50 bits per heavy atom. The first-order valence-corrected chi connectivity index (χ1v) is 7.30. The molecule has 1 saturated heterocycles. The predicted octanol–water partition coefficient (Wildman–Crippen LogP) is 2.97. The Balaban J connectivity index is 1.83. The lowest BCUT2D eigenvalue weighted by Crippen LogP contribution is -2.30. The van der Waals surface area contributed by atoms with Gasteiger partial charge in [-0.15, -0.1) is 0 Å². The Kier molecular flexibility index (Phi) is 5.03. The summed E-state index contributed by atoms with van der Waals surface area (Å²) in [5.74, 6) is -0.0730. The van der Waals surface area contributed by atoms with E-state index in [2.05, 4.69) is 26.6 Å². The van der Waals surface area contributed by atoms with Gasteiger partial charge in [-0.05, 0) is 44.0 Å². The van der Waals surface area contributed by atoms with E-state index in [0.29, 0.717) is 23.2 Å². The van der Waals surface area contributed by atoms with Gasteiger partial charge in [-0.3, -0.25) is 4.79 Å². The number of hydrogen-bond acceptors (Lipinski definition) is 2. The molecule has 18 heavy (non-hydrogen) atoms. The van der Waals surface area contributed by atoms with Gasteiger partial charge >= 0.3 is 0 Å². The molecule has 1 amide bonds. The van der Waals surface area contributed by atoms with Crippen LogP contribution in [0.2, 0.25) is 5.02 Å². The highest BCUT2D eigenvalue weighted by atomic mass is 79.9. The van der Waals surface area contributed by atoms with E-state index >= 15 is 0 Å². The molecule has 1 fully saturated rings. The second-order valence-electron chi connectivity index (χ2n) is 4.50. The molecule has 1 aromatic rings. The highest BCUT2D eigenvalue weighted by molar-refractivity contribution is 9.10. The van der Waals surface area contributed by atoms with E-state index in [1.807, 2.05) is 0 Å². The highest BCUT2D eigenvalue weighted by Crippen LogP contribution is 2.19. The summed E-state index contributed by atoms with van der Waals surface area (Å²) in [6.45, 7) is 1.79. The summed E-state index contributed by atoms with van der Waals surface area (Å²) < 4.78 is 0.817. The van der Waals surface area contributed by atoms with Crippen molar-refractivity contribution in [3.05, 3.63) is 33.3 Å². The van der Waals surface area contributed by atoms with Crippen molar-refractivity contribution in [2.45, 2.75) is 25.3 Å². The molecular weight excluding hydrogens is 316 g/mol. The summed E-state index contributed by atoms with van der Waals surface area (Å²) in [5.41, 5.74) is 0.591. The number of benzene rings is 1. The largest absolute Gasteiger partial charge is 0.352 e. The van der Waals surface area contributed by atoms with Gasteiger partial charge in [0.25, 0.3) is 5.91 Å². The van der Waals surface area contributed by atoms with Crippen molar-refractivity contribution in [1.29, 1.82) is 0 Å². The van der Waals surface area contributed by atoms with E-state index in [1.165, 1.54) is 12.8 Å². The fraction of sp³-hybridized carbons (Fsp3) is 0.462. The number of nitrogens with one attached hydrogen (secondary N) is 2. The van der Waals surface area contributed by atoms with Crippen molar-refractivity contribution in [2.75, 3.05) is 13.1 Å². The molecule has 0 aliphatic carbocycles. The van der Waals surface area contributed by atoms with Gasteiger partial charge in [-0.25, -0.2) is 0 Å². The second kappa shape index (κ2) is 6.55. The Labute approximate surface area is 120 Å². The van der Waals surface area contributed by atoms with Crippen molar-refractivity contribution >= 4 is 33.4 Å². The number of amides is 1. The number of carbonyl (C=O) groups excluding carboxylic acids is 1. The number of carbonyl (C=O) groups is 1. The smallest absolute Gasteiger partial charge is 0.251 e. The lowest BCUT2D eigenvalue weighted by Gasteiger charge is -2.11. The Bertz CT molecular complexity index is 413. The van der Waals surface area contributed by atoms with Crippen LogP contribution >= 0.6 is 27.5 Å². The topological polar surface area (TPSA) is 41.1 Å². The van der Waals surface area contributed by atoms with Crippen molar-refractivity contribution in [2.24, 2.45) is 0 Å². The van der Waals surface area contributed by atoms with Crippen molar-refractivity contribution in [3.8, 4) is 0 Å². The molecule has 0 unspecified atom stereocenters. The third kappa shape index (κ3) is 3.97. The molecular formula is C13H16BrClN2O. The molecule has 98 valence electrons. The first kappa shape index (κ1) is 13.8. The maximum absolute atomic E-state index is 11.9. The molecule has 0 spiro atoms. The molecule has 1 heterocycles. The molecule has 0 aromatic heterocycles. The maximum atomic E-state index is 11.9. The fourth-order valence-corrected chi connectivity index (χ4v) is 3.01. The minimum absolute atomic E-state index is 0.0730. The molecule has 0 radical (unpaired) electrons. The van der Waals surface area contributed by atoms with E-state index in [1.54, 1.807) is 18.2 Å². The highest BCUT2D eigenvalue weighted by Gasteiger charge is 2.14. The third-order valence-corrected chi connectivity index (χ3v) is 3.74. The molecule has 1 aliphatic rings. The summed E-state index contributed by atoms with van der Waals surface area (Å²) >= 11 is 9.24. The molecule has 1 aromatic carbocycles. The van der Waals surface area contributed by atoms with Crippen molar-refractivity contribution in [3.63, 3.8) is 0 Å². The maximum Gasteiger partial charge on any atom is 0.251 e. The molecule has 5 heteroatoms. The Hall–Kier alpha value is -0.580. The van der Waals surface area contributed by atoms with Crippen LogP contribution < -0.4 is 10.6 Å². The van der Waals surface area contributed by atoms with Crippen LogP contribution in [0.4, 0.5) is 0 Å². The summed E-state index contributed by atoms with van der Waals surface area (Å²) in [6, 6.07) is 5.77. The summed E-state index contributed by atoms with van der Waals surface area (Å²) in [5, 5.41) is 6.89. The number of rotatable bonds is 4. The van der Waals surface area contributed by atoms with Crippen LogP contribution in [-0.4, -0.2) is 25.0 Å². The quantitative estimate of drug-likeness (QED) is 0.890. The van der Waals surface area contributed by atoms with E-state index in [-0.39, 0.29) is 5.91 Å². The van der Waals surface area contributed by atoms with Crippen LogP contribution in [0.1, 0.15) is 29.6 Å². The molecule has 2 N–H and O–H groups in total. The second-order valence-corrected chi connectivity index (χ2v) is 5.85. The van der Waals surface area contributed by atoms with Gasteiger partial charge in [0.1, 0.15) is 0 Å². The minimum atomic E-state index is -0.0730. The van der Waals surface area contributed by atoms with Crippen LogP contribution in [0.5, 0.6) is 0 Å². The molecule has 0 saturated carbocycles. The lowest BCUT2D eigenvalue weighted by atomic mass is 10.1. The molecule has 1 aliphatic heterocycles. The van der Waals surface area contributed by atoms with Gasteiger partial charge in [-0.2, -0.15) is 0 Å². The predicted molar refractivity (Wildman–Crippen MR) is 77.1 cm³/mol. The lowest BCUT2D eigenvalue weighted by molar-refractivity contribution is 0.0952. The van der Waals surface area contributed by atoms with E-state index < -0.39 is 0 Å². The first-order valence-electron chi connectivity index (χ1n) is 6.13. The van der Waals surface area contributed by atoms with Gasteiger partial charge in [0, 0.05) is 27.6 Å². The normalized spacial score (nSPS) is 18.9. The number of halogens is 2. The summed E-state index contributed by atoms with van der Waals surface area (Å²) in [7, 11) is 0. The van der Waals surface area contributed by atoms with Crippen LogP contribution in [0.25, 0.3) is 0 Å². The monoisotopic (exact) mass is 330 g/mol. The standard InChI is InChI=1S/C13H16BrClN2O/c14-10-6-9(7-11(15)8-10)13(18)17-5-3-12-2-1-4-16-12/h6-8,12,16H,1-5H2,(H,17,18)/t12-/m0/s1. The zero-order valence-corrected chi connectivity index (χ0v) is 12.4. The Morgan fingerprint density at radius 2 is 2.33 bits per heavy atom. The van der Waals surface area contributed by atoms with Gasteiger partial charge in [0.15, 0.2) is 0 Å². The van der Waals surface area contributed by atoms with E-state index in [0.717, 1.165) is 17.4 Å². The molecule has 3 nitrogen and oxygen atoms in total. The summed E-state index contributed by atoms with van der Waals surface area (Å²) in [4.78, 5) is 11.9. The average molecular weight is 332 g/mol. The Morgan fingerprint density at radius 3 is 3.00 bits per heavy atom. The van der Waals surface area contributed by atoms with Crippen LogP contribution in [-0.2, 0) is 0 Å². The van der Waals surface area contributed by atoms with E-state index in [9.17, 15) is 4.79 Å². The zero-order chi connectivity index (χ0) is 13.0. The van der Waals surface area contributed by atoms with Crippen molar-refractivity contribution < 1.29 is 4.79 Å². The van der Waals surface area contributed by atoms with E-state index in [4.69, 9.17) is 11.6 Å². The molecule has 1 atom stereocenters. The summed E-state index contributed by atoms with van der Waals surface area (Å²) in [6.07, 6.45) is 3.42. The number of hydrogen-bond donors (Lipinski definition) is 2. The van der Waals surface area contributed by atoms with Gasteiger partial charge in [0.05, 0.1) is 0 Å². The minimum Gasteiger partial charge on any atom is -0.352 e. The van der Waals surface area contributed by atoms with Crippen LogP contribution in [0, 0.1) is 0 Å². The first-order chi connectivity index (χ1) is 8.65. The fourth-order valence-electron chi connectivity index (χ4n) is 2.15. The molecule has 2 rings (SSSR count).